The number of allylic oxidation sites excluding steroid dienone is 1. The highest BCUT2D eigenvalue weighted by atomic mass is 16.2. The molecule has 0 aliphatic carbocycles. The second kappa shape index (κ2) is 4.31. The van der Waals surface area contributed by atoms with Crippen molar-refractivity contribution in [3.8, 4) is 0 Å². The number of Topliss-reactive ketones (excluding diaryl/α,β-unsaturated/α-hetero) is 1. The molecule has 2 rings (SSSR count). The van der Waals surface area contributed by atoms with Crippen molar-refractivity contribution < 1.29 is 9.59 Å². The lowest BCUT2D eigenvalue weighted by molar-refractivity contribution is -0.124. The number of carbonyl (C=O) groups is 2. The van der Waals surface area contributed by atoms with E-state index in [0.717, 1.165) is 11.1 Å². The molecule has 1 fully saturated rings. The van der Waals surface area contributed by atoms with Crippen LogP contribution in [0.3, 0.4) is 0 Å². The van der Waals surface area contributed by atoms with Crippen molar-refractivity contribution >= 4 is 11.7 Å². The fourth-order valence-corrected chi connectivity index (χ4v) is 1.94. The third-order valence-corrected chi connectivity index (χ3v) is 2.69. The van der Waals surface area contributed by atoms with Gasteiger partial charge in [0.25, 0.3) is 5.91 Å². The predicted molar refractivity (Wildman–Crippen MR) is 60.1 cm³/mol. The molecule has 0 spiro atoms. The average Bonchev–Trinajstić information content (AvgIpc) is 2.60. The molecule has 1 radical (unpaired) electrons. The van der Waals surface area contributed by atoms with Gasteiger partial charge in [0.15, 0.2) is 5.78 Å². The van der Waals surface area contributed by atoms with Gasteiger partial charge in [0.2, 0.25) is 0 Å². The zero-order valence-electron chi connectivity index (χ0n) is 8.85. The zero-order valence-corrected chi connectivity index (χ0v) is 8.85. The van der Waals surface area contributed by atoms with E-state index in [0.29, 0.717) is 6.42 Å². The molecule has 16 heavy (non-hydrogen) atoms. The first-order chi connectivity index (χ1) is 7.74. The van der Waals surface area contributed by atoms with E-state index in [-0.39, 0.29) is 18.2 Å². The van der Waals surface area contributed by atoms with E-state index in [1.54, 1.807) is 6.08 Å². The molecular formula is C13H12NO2. The molecule has 3 nitrogen and oxygen atoms in total. The van der Waals surface area contributed by atoms with Crippen molar-refractivity contribution in [2.24, 2.45) is 0 Å². The minimum Gasteiger partial charge on any atom is -0.296 e. The first-order valence-corrected chi connectivity index (χ1v) is 5.17. The lowest BCUT2D eigenvalue weighted by Crippen LogP contribution is -2.16. The van der Waals surface area contributed by atoms with Crippen molar-refractivity contribution in [1.29, 1.82) is 0 Å². The maximum absolute atomic E-state index is 11.6. The van der Waals surface area contributed by atoms with E-state index in [9.17, 15) is 9.59 Å². The Bertz CT molecular complexity index is 435. The lowest BCUT2D eigenvalue weighted by Gasteiger charge is -2.10. The Labute approximate surface area is 94.2 Å². The van der Waals surface area contributed by atoms with Crippen LogP contribution in [0.1, 0.15) is 17.0 Å². The summed E-state index contributed by atoms with van der Waals surface area (Å²) in [6, 6.07) is 7.46. The smallest absolute Gasteiger partial charge is 0.256 e. The normalized spacial score (nSPS) is 19.6. The van der Waals surface area contributed by atoms with Crippen LogP contribution in [-0.4, -0.2) is 18.2 Å². The van der Waals surface area contributed by atoms with Crippen molar-refractivity contribution in [2.45, 2.75) is 12.3 Å². The summed E-state index contributed by atoms with van der Waals surface area (Å²) in [6.45, 7) is 3.69. The first-order valence-electron chi connectivity index (χ1n) is 5.17. The van der Waals surface area contributed by atoms with Crippen LogP contribution in [0.15, 0.2) is 36.9 Å². The van der Waals surface area contributed by atoms with Gasteiger partial charge in [0, 0.05) is 0 Å². The minimum absolute atomic E-state index is 0.0198. The Morgan fingerprint density at radius 2 is 2.12 bits per heavy atom. The monoisotopic (exact) mass is 214 g/mol. The SMILES string of the molecule is C=CCc1ccccc1C1C(=O)C[N]C1=O. The van der Waals surface area contributed by atoms with Gasteiger partial charge in [-0.3, -0.25) is 9.59 Å². The summed E-state index contributed by atoms with van der Waals surface area (Å²) in [5, 5.41) is 3.66. The quantitative estimate of drug-likeness (QED) is 0.561. The number of hydrogen-bond acceptors (Lipinski definition) is 2. The Balaban J connectivity index is 2.42. The summed E-state index contributed by atoms with van der Waals surface area (Å²) in [6.07, 6.45) is 2.42. The van der Waals surface area contributed by atoms with E-state index >= 15 is 0 Å². The van der Waals surface area contributed by atoms with Gasteiger partial charge in [-0.15, -0.1) is 6.58 Å². The standard InChI is InChI=1S/C13H12NO2/c1-2-5-9-6-3-4-7-10(9)12-11(15)8-14-13(12)16/h2-4,6-7,12H,1,5,8H2. The van der Waals surface area contributed by atoms with Gasteiger partial charge in [-0.1, -0.05) is 30.3 Å². The van der Waals surface area contributed by atoms with Gasteiger partial charge < -0.3 is 0 Å². The molecule has 81 valence electrons. The first kappa shape index (κ1) is 10.6. The van der Waals surface area contributed by atoms with Crippen LogP contribution in [0.4, 0.5) is 0 Å². The molecule has 1 aromatic carbocycles. The van der Waals surface area contributed by atoms with Crippen LogP contribution >= 0.6 is 0 Å². The van der Waals surface area contributed by atoms with E-state index < -0.39 is 5.92 Å². The molecule has 0 saturated carbocycles. The maximum atomic E-state index is 11.6. The highest BCUT2D eigenvalue weighted by molar-refractivity contribution is 6.13. The average molecular weight is 214 g/mol. The van der Waals surface area contributed by atoms with Crippen molar-refractivity contribution in [2.75, 3.05) is 6.54 Å². The second-order valence-corrected chi connectivity index (χ2v) is 3.75. The summed E-state index contributed by atoms with van der Waals surface area (Å²) >= 11 is 0. The van der Waals surface area contributed by atoms with Crippen molar-refractivity contribution in [3.63, 3.8) is 0 Å². The number of benzene rings is 1. The van der Waals surface area contributed by atoms with Gasteiger partial charge in [0.05, 0.1) is 0 Å². The van der Waals surface area contributed by atoms with Gasteiger partial charge >= 0.3 is 0 Å². The molecular weight excluding hydrogens is 202 g/mol. The summed E-state index contributed by atoms with van der Waals surface area (Å²) in [4.78, 5) is 23.1. The van der Waals surface area contributed by atoms with Crippen LogP contribution in [0, 0.1) is 0 Å². The van der Waals surface area contributed by atoms with E-state index in [1.165, 1.54) is 0 Å². The van der Waals surface area contributed by atoms with Crippen LogP contribution in [-0.2, 0) is 16.0 Å². The van der Waals surface area contributed by atoms with Gasteiger partial charge in [-0.25, -0.2) is 5.32 Å². The van der Waals surface area contributed by atoms with Crippen molar-refractivity contribution in [1.82, 2.24) is 5.32 Å². The molecule has 1 aromatic rings. The lowest BCUT2D eigenvalue weighted by atomic mass is 9.91. The Hall–Kier alpha value is -1.90. The second-order valence-electron chi connectivity index (χ2n) is 3.75. The topological polar surface area (TPSA) is 48.2 Å². The highest BCUT2D eigenvalue weighted by Crippen LogP contribution is 2.25. The molecule has 0 N–H and O–H groups in total. The third kappa shape index (κ3) is 1.76. The molecule has 3 heteroatoms. The molecule has 1 atom stereocenters. The molecule has 0 aromatic heterocycles. The predicted octanol–water partition coefficient (Wildman–Crippen LogP) is 1.21. The molecule has 1 aliphatic heterocycles. The number of rotatable bonds is 3. The number of hydrogen-bond donors (Lipinski definition) is 0. The van der Waals surface area contributed by atoms with Gasteiger partial charge in [-0.05, 0) is 17.5 Å². The number of nitrogens with zero attached hydrogens (tertiary/aromatic N) is 1. The van der Waals surface area contributed by atoms with Crippen LogP contribution in [0.25, 0.3) is 0 Å². The maximum Gasteiger partial charge on any atom is 0.256 e. The van der Waals surface area contributed by atoms with E-state index in [1.807, 2.05) is 24.3 Å². The Kier molecular flexibility index (Phi) is 2.86. The summed E-state index contributed by atoms with van der Waals surface area (Å²) in [5.41, 5.74) is 1.75. The van der Waals surface area contributed by atoms with Crippen LogP contribution in [0.5, 0.6) is 0 Å². The van der Waals surface area contributed by atoms with E-state index in [4.69, 9.17) is 0 Å². The van der Waals surface area contributed by atoms with Crippen LogP contribution < -0.4 is 5.32 Å². The van der Waals surface area contributed by atoms with Gasteiger partial charge in [-0.2, -0.15) is 0 Å². The summed E-state index contributed by atoms with van der Waals surface area (Å²) < 4.78 is 0. The van der Waals surface area contributed by atoms with Crippen LogP contribution in [0.2, 0.25) is 0 Å². The minimum atomic E-state index is -0.684. The third-order valence-electron chi connectivity index (χ3n) is 2.69. The fraction of sp³-hybridized carbons (Fsp3) is 0.231. The molecule has 1 heterocycles. The summed E-state index contributed by atoms with van der Waals surface area (Å²) in [5.74, 6) is -1.11. The molecule has 1 unspecified atom stereocenters. The molecule has 1 amide bonds. The largest absolute Gasteiger partial charge is 0.296 e. The number of amides is 1. The molecule has 1 saturated heterocycles. The molecule has 0 bridgehead atoms. The number of carbonyl (C=O) groups excluding carboxylic acids is 2. The Morgan fingerprint density at radius 1 is 1.38 bits per heavy atom. The fourth-order valence-electron chi connectivity index (χ4n) is 1.94. The number of ketones is 1. The summed E-state index contributed by atoms with van der Waals surface area (Å²) in [7, 11) is 0. The molecule has 1 aliphatic rings. The Morgan fingerprint density at radius 3 is 2.75 bits per heavy atom. The van der Waals surface area contributed by atoms with Crippen molar-refractivity contribution in [3.05, 3.63) is 48.0 Å². The highest BCUT2D eigenvalue weighted by Gasteiger charge is 2.36. The van der Waals surface area contributed by atoms with E-state index in [2.05, 4.69) is 11.9 Å². The zero-order chi connectivity index (χ0) is 11.5. The van der Waals surface area contributed by atoms with Gasteiger partial charge in [0.1, 0.15) is 12.5 Å².